The van der Waals surface area contributed by atoms with Gasteiger partial charge in [0, 0.05) is 17.5 Å². The number of nitrogens with one attached hydrogen (secondary N) is 1. The third-order valence-corrected chi connectivity index (χ3v) is 3.76. The van der Waals surface area contributed by atoms with Crippen molar-refractivity contribution in [3.8, 4) is 10.6 Å². The minimum absolute atomic E-state index is 0.311. The van der Waals surface area contributed by atoms with E-state index in [0.717, 1.165) is 16.3 Å². The smallest absolute Gasteiger partial charge is 0.323 e. The number of aliphatic hydroxyl groups excluding tert-OH is 1. The molecule has 2 atom stereocenters. The van der Waals surface area contributed by atoms with E-state index in [0.29, 0.717) is 6.54 Å². The number of hydrogen-bond acceptors (Lipinski definition) is 5. The molecule has 106 valence electrons. The number of aromatic nitrogens is 1. The molecule has 0 radical (unpaired) electrons. The molecule has 0 spiro atoms. The van der Waals surface area contributed by atoms with Crippen molar-refractivity contribution in [1.29, 1.82) is 0 Å². The summed E-state index contributed by atoms with van der Waals surface area (Å²) >= 11 is 1.51. The van der Waals surface area contributed by atoms with Gasteiger partial charge in [-0.3, -0.25) is 10.1 Å². The first-order chi connectivity index (χ1) is 9.58. The predicted octanol–water partition coefficient (Wildman–Crippen LogP) is 1.73. The molecule has 0 unspecified atom stereocenters. The van der Waals surface area contributed by atoms with E-state index in [1.54, 1.807) is 0 Å². The van der Waals surface area contributed by atoms with Crippen molar-refractivity contribution in [2.24, 2.45) is 0 Å². The van der Waals surface area contributed by atoms with Gasteiger partial charge < -0.3 is 10.2 Å². The highest BCUT2D eigenvalue weighted by Gasteiger charge is 2.22. The Kier molecular flexibility index (Phi) is 4.84. The summed E-state index contributed by atoms with van der Waals surface area (Å²) < 4.78 is 0. The molecule has 2 aromatic rings. The minimum atomic E-state index is -1.07. The fourth-order valence-corrected chi connectivity index (χ4v) is 2.61. The quantitative estimate of drug-likeness (QED) is 0.755. The maximum Gasteiger partial charge on any atom is 0.323 e. The van der Waals surface area contributed by atoms with Crippen molar-refractivity contribution in [2.75, 3.05) is 0 Å². The Morgan fingerprint density at radius 1 is 1.40 bits per heavy atom. The van der Waals surface area contributed by atoms with Gasteiger partial charge in [0.25, 0.3) is 0 Å². The van der Waals surface area contributed by atoms with Crippen LogP contribution >= 0.6 is 11.3 Å². The second-order valence-corrected chi connectivity index (χ2v) is 5.31. The van der Waals surface area contributed by atoms with Gasteiger partial charge in [0.05, 0.1) is 11.8 Å². The molecule has 1 heterocycles. The van der Waals surface area contributed by atoms with Crippen LogP contribution in [0, 0.1) is 0 Å². The minimum Gasteiger partial charge on any atom is -0.480 e. The summed E-state index contributed by atoms with van der Waals surface area (Å²) in [5.41, 5.74) is 1.80. The normalized spacial score (nSPS) is 13.9. The molecule has 1 aromatic heterocycles. The van der Waals surface area contributed by atoms with Crippen molar-refractivity contribution in [3.05, 3.63) is 41.4 Å². The van der Waals surface area contributed by atoms with Crippen molar-refractivity contribution in [1.82, 2.24) is 10.3 Å². The second kappa shape index (κ2) is 6.60. The van der Waals surface area contributed by atoms with Crippen LogP contribution in [0.15, 0.2) is 35.7 Å². The summed E-state index contributed by atoms with van der Waals surface area (Å²) in [6, 6.07) is 8.81. The topological polar surface area (TPSA) is 82.5 Å². The summed E-state index contributed by atoms with van der Waals surface area (Å²) in [4.78, 5) is 15.4. The number of aliphatic carboxylic acids is 1. The molecule has 0 aliphatic heterocycles. The van der Waals surface area contributed by atoms with Gasteiger partial charge in [-0.15, -0.1) is 11.3 Å². The van der Waals surface area contributed by atoms with E-state index in [4.69, 9.17) is 5.11 Å². The molecule has 0 bridgehead atoms. The average molecular weight is 292 g/mol. The zero-order chi connectivity index (χ0) is 14.5. The van der Waals surface area contributed by atoms with E-state index in [-0.39, 0.29) is 0 Å². The van der Waals surface area contributed by atoms with Crippen molar-refractivity contribution < 1.29 is 15.0 Å². The summed E-state index contributed by atoms with van der Waals surface area (Å²) in [7, 11) is 0. The number of carboxylic acid groups (broad SMARTS) is 1. The van der Waals surface area contributed by atoms with Crippen LogP contribution in [0.5, 0.6) is 0 Å². The van der Waals surface area contributed by atoms with Crippen molar-refractivity contribution in [3.63, 3.8) is 0 Å². The van der Waals surface area contributed by atoms with E-state index in [1.807, 2.05) is 35.7 Å². The largest absolute Gasteiger partial charge is 0.480 e. The number of rotatable bonds is 6. The molecule has 2 rings (SSSR count). The highest BCUT2D eigenvalue weighted by Crippen LogP contribution is 2.23. The lowest BCUT2D eigenvalue weighted by Crippen LogP contribution is -2.44. The molecule has 0 saturated heterocycles. The van der Waals surface area contributed by atoms with E-state index in [2.05, 4.69) is 10.3 Å². The van der Waals surface area contributed by atoms with Crippen LogP contribution in [0.1, 0.15) is 12.6 Å². The number of thiazole rings is 1. The molecular weight excluding hydrogens is 276 g/mol. The lowest BCUT2D eigenvalue weighted by molar-refractivity contribution is -0.142. The van der Waals surface area contributed by atoms with E-state index in [1.165, 1.54) is 18.3 Å². The molecule has 20 heavy (non-hydrogen) atoms. The summed E-state index contributed by atoms with van der Waals surface area (Å²) in [5.74, 6) is -1.07. The Hall–Kier alpha value is -1.76. The highest BCUT2D eigenvalue weighted by atomic mass is 32.1. The fraction of sp³-hybridized carbons (Fsp3) is 0.286. The summed E-state index contributed by atoms with van der Waals surface area (Å²) in [6.07, 6.45) is -0.959. The molecule has 0 aliphatic rings. The Bertz CT molecular complexity index is 569. The maximum atomic E-state index is 10.9. The molecule has 0 fully saturated rings. The van der Waals surface area contributed by atoms with Crippen LogP contribution in [0.4, 0.5) is 0 Å². The van der Waals surface area contributed by atoms with Gasteiger partial charge in [0.15, 0.2) is 0 Å². The standard InChI is InChI=1S/C14H16N2O3S/c1-9(17)12(14(18)19)15-7-11-8-20-13(16-11)10-5-3-2-4-6-10/h2-6,8-9,12,15,17H,7H2,1H3,(H,18,19)/t9-,12-/m1/s1. The third kappa shape index (κ3) is 3.63. The molecule has 6 heteroatoms. The van der Waals surface area contributed by atoms with Crippen LogP contribution < -0.4 is 5.32 Å². The zero-order valence-corrected chi connectivity index (χ0v) is 11.8. The third-order valence-electron chi connectivity index (χ3n) is 2.82. The summed E-state index contributed by atoms with van der Waals surface area (Å²) in [5, 5.41) is 23.9. The highest BCUT2D eigenvalue weighted by molar-refractivity contribution is 7.13. The Balaban J connectivity index is 2.02. The maximum absolute atomic E-state index is 10.9. The first-order valence-corrected chi connectivity index (χ1v) is 7.10. The Labute approximate surface area is 120 Å². The number of hydrogen-bond donors (Lipinski definition) is 3. The van der Waals surface area contributed by atoms with Crippen LogP contribution in [-0.4, -0.2) is 33.3 Å². The SMILES string of the molecule is C[C@@H](O)[C@@H](NCc1csc(-c2ccccc2)n1)C(=O)O. The molecular formula is C14H16N2O3S. The van der Waals surface area contributed by atoms with Gasteiger partial charge in [0.2, 0.25) is 0 Å². The van der Waals surface area contributed by atoms with E-state index < -0.39 is 18.1 Å². The molecule has 0 aliphatic carbocycles. The van der Waals surface area contributed by atoms with Crippen LogP contribution in [0.25, 0.3) is 10.6 Å². The summed E-state index contributed by atoms with van der Waals surface area (Å²) in [6.45, 7) is 1.76. The first-order valence-electron chi connectivity index (χ1n) is 6.22. The number of aliphatic hydroxyl groups is 1. The lowest BCUT2D eigenvalue weighted by atomic mass is 10.2. The second-order valence-electron chi connectivity index (χ2n) is 4.45. The van der Waals surface area contributed by atoms with E-state index in [9.17, 15) is 9.90 Å². The van der Waals surface area contributed by atoms with Gasteiger partial charge in [0.1, 0.15) is 11.0 Å². The monoisotopic (exact) mass is 292 g/mol. The van der Waals surface area contributed by atoms with Crippen LogP contribution in [0.3, 0.4) is 0 Å². The van der Waals surface area contributed by atoms with Gasteiger partial charge in [-0.05, 0) is 6.92 Å². The van der Waals surface area contributed by atoms with E-state index >= 15 is 0 Å². The average Bonchev–Trinajstić information content (AvgIpc) is 2.88. The van der Waals surface area contributed by atoms with Crippen LogP contribution in [-0.2, 0) is 11.3 Å². The molecule has 3 N–H and O–H groups in total. The van der Waals surface area contributed by atoms with Crippen molar-refractivity contribution in [2.45, 2.75) is 25.6 Å². The fourth-order valence-electron chi connectivity index (χ4n) is 1.78. The number of carboxylic acids is 1. The van der Waals surface area contributed by atoms with Gasteiger partial charge >= 0.3 is 5.97 Å². The van der Waals surface area contributed by atoms with Gasteiger partial charge in [-0.1, -0.05) is 30.3 Å². The Morgan fingerprint density at radius 2 is 2.10 bits per heavy atom. The lowest BCUT2D eigenvalue weighted by Gasteiger charge is -2.16. The Morgan fingerprint density at radius 3 is 2.70 bits per heavy atom. The zero-order valence-electron chi connectivity index (χ0n) is 11.0. The van der Waals surface area contributed by atoms with Crippen molar-refractivity contribution >= 4 is 17.3 Å². The number of benzene rings is 1. The van der Waals surface area contributed by atoms with Crippen LogP contribution in [0.2, 0.25) is 0 Å². The predicted molar refractivity (Wildman–Crippen MR) is 77.5 cm³/mol. The first kappa shape index (κ1) is 14.6. The number of nitrogens with zero attached hydrogens (tertiary/aromatic N) is 1. The molecule has 0 saturated carbocycles. The van der Waals surface area contributed by atoms with Gasteiger partial charge in [-0.2, -0.15) is 0 Å². The molecule has 1 aromatic carbocycles. The molecule has 0 amide bonds. The number of carbonyl (C=O) groups is 1. The molecule has 5 nitrogen and oxygen atoms in total. The van der Waals surface area contributed by atoms with Gasteiger partial charge in [-0.25, -0.2) is 4.98 Å².